The van der Waals surface area contributed by atoms with Crippen LogP contribution < -0.4 is 4.74 Å². The average Bonchev–Trinajstić information content (AvgIpc) is 3.96. The molecule has 2 aliphatic heterocycles. The van der Waals surface area contributed by atoms with Crippen LogP contribution in [0.1, 0.15) is 70.1 Å². The first-order chi connectivity index (χ1) is 23.1. The lowest BCUT2D eigenvalue weighted by Gasteiger charge is -2.22. The summed E-state index contributed by atoms with van der Waals surface area (Å²) in [7, 11) is 0. The van der Waals surface area contributed by atoms with E-state index in [1.807, 2.05) is 64.5 Å². The van der Waals surface area contributed by atoms with Crippen molar-refractivity contribution in [1.82, 2.24) is 29.7 Å². The van der Waals surface area contributed by atoms with E-state index in [1.165, 1.54) is 25.1 Å². The molecular formula is C36H32N6O5. The summed E-state index contributed by atoms with van der Waals surface area (Å²) in [5.74, 6) is 2.84. The Kier molecular flexibility index (Phi) is 7.41. The van der Waals surface area contributed by atoms with Crippen LogP contribution in [-0.4, -0.2) is 54.6 Å². The number of hydrogen-bond acceptors (Lipinski definition) is 7. The second kappa shape index (κ2) is 12.2. The Balaban J connectivity index is 0.935. The van der Waals surface area contributed by atoms with E-state index in [1.54, 1.807) is 18.3 Å². The quantitative estimate of drug-likeness (QED) is 0.179. The van der Waals surface area contributed by atoms with Gasteiger partial charge in [0, 0.05) is 18.7 Å². The van der Waals surface area contributed by atoms with Crippen LogP contribution in [0.2, 0.25) is 0 Å². The second-order valence-electron chi connectivity index (χ2n) is 11.9. The highest BCUT2D eigenvalue weighted by Crippen LogP contribution is 2.35. The molecule has 2 N–H and O–H groups in total. The van der Waals surface area contributed by atoms with Gasteiger partial charge in [-0.1, -0.05) is 12.1 Å². The monoisotopic (exact) mass is 628 g/mol. The number of likely N-dealkylation sites (tertiary alicyclic amines) is 2. The molecule has 47 heavy (non-hydrogen) atoms. The van der Waals surface area contributed by atoms with Gasteiger partial charge in [0.1, 0.15) is 35.7 Å². The predicted octanol–water partition coefficient (Wildman–Crippen LogP) is 7.40. The largest absolute Gasteiger partial charge is 0.472 e. The summed E-state index contributed by atoms with van der Waals surface area (Å²) < 4.78 is 16.4. The molecule has 6 aromatic rings. The number of H-pyrrole nitrogens is 2. The molecule has 2 fully saturated rings. The average molecular weight is 629 g/mol. The molecule has 8 rings (SSSR count). The van der Waals surface area contributed by atoms with E-state index in [4.69, 9.17) is 13.6 Å². The number of amides is 2. The van der Waals surface area contributed by atoms with Crippen molar-refractivity contribution in [2.45, 2.75) is 37.8 Å². The first-order valence-electron chi connectivity index (χ1n) is 15.8. The molecule has 0 unspecified atom stereocenters. The fourth-order valence-corrected chi connectivity index (χ4v) is 6.56. The van der Waals surface area contributed by atoms with Crippen molar-refractivity contribution in [3.63, 3.8) is 0 Å². The Morgan fingerprint density at radius 3 is 1.83 bits per heavy atom. The molecule has 0 saturated carbocycles. The molecule has 0 radical (unpaired) electrons. The molecule has 0 aliphatic carbocycles. The molecule has 11 heteroatoms. The Labute approximate surface area is 270 Å². The minimum absolute atomic E-state index is 0.0453. The molecule has 236 valence electrons. The van der Waals surface area contributed by atoms with Crippen molar-refractivity contribution in [2.75, 3.05) is 13.1 Å². The highest BCUT2D eigenvalue weighted by atomic mass is 16.5. The van der Waals surface area contributed by atoms with Gasteiger partial charge in [0.15, 0.2) is 0 Å². The Morgan fingerprint density at radius 1 is 0.702 bits per heavy atom. The zero-order valence-corrected chi connectivity index (χ0v) is 25.5. The highest BCUT2D eigenvalue weighted by molar-refractivity contribution is 5.94. The number of rotatable bonds is 8. The molecular weight excluding hydrogens is 596 g/mol. The summed E-state index contributed by atoms with van der Waals surface area (Å²) in [5.41, 5.74) is 4.72. The molecule has 4 aromatic heterocycles. The molecule has 2 aromatic carbocycles. The van der Waals surface area contributed by atoms with Gasteiger partial charge in [-0.3, -0.25) is 9.59 Å². The maximum atomic E-state index is 13.0. The fourth-order valence-electron chi connectivity index (χ4n) is 6.56. The van der Waals surface area contributed by atoms with Gasteiger partial charge in [0.25, 0.3) is 11.8 Å². The third-order valence-electron chi connectivity index (χ3n) is 8.93. The van der Waals surface area contributed by atoms with Crippen LogP contribution in [0.25, 0.3) is 22.5 Å². The predicted molar refractivity (Wildman–Crippen MR) is 172 cm³/mol. The number of aromatic amines is 2. The van der Waals surface area contributed by atoms with Gasteiger partial charge in [-0.25, -0.2) is 9.97 Å². The van der Waals surface area contributed by atoms with Crippen molar-refractivity contribution in [3.8, 4) is 34.0 Å². The van der Waals surface area contributed by atoms with Crippen LogP contribution in [0, 0.1) is 0 Å². The van der Waals surface area contributed by atoms with E-state index < -0.39 is 0 Å². The van der Waals surface area contributed by atoms with E-state index in [2.05, 4.69) is 19.9 Å². The lowest BCUT2D eigenvalue weighted by molar-refractivity contribution is 0.0722. The number of hydrogen-bond donors (Lipinski definition) is 2. The van der Waals surface area contributed by atoms with Crippen LogP contribution in [0.5, 0.6) is 11.5 Å². The van der Waals surface area contributed by atoms with Gasteiger partial charge in [-0.2, -0.15) is 0 Å². The van der Waals surface area contributed by atoms with Crippen LogP contribution >= 0.6 is 0 Å². The Morgan fingerprint density at radius 2 is 1.28 bits per heavy atom. The first kappa shape index (κ1) is 28.6. The zero-order valence-electron chi connectivity index (χ0n) is 25.5. The number of ether oxygens (including phenoxy) is 1. The molecule has 2 amide bonds. The number of carbonyl (C=O) groups excluding carboxylic acids is 2. The molecule has 2 atom stereocenters. The summed E-state index contributed by atoms with van der Waals surface area (Å²) in [6, 6.07) is 18.8. The van der Waals surface area contributed by atoms with Gasteiger partial charge in [-0.15, -0.1) is 0 Å². The first-order valence-corrected chi connectivity index (χ1v) is 15.8. The Bertz CT molecular complexity index is 1990. The van der Waals surface area contributed by atoms with Crippen LogP contribution in [0.3, 0.4) is 0 Å². The van der Waals surface area contributed by atoms with Crippen LogP contribution in [-0.2, 0) is 0 Å². The van der Waals surface area contributed by atoms with Crippen molar-refractivity contribution >= 4 is 11.8 Å². The molecule has 2 aliphatic rings. The number of nitrogens with one attached hydrogen (secondary N) is 2. The van der Waals surface area contributed by atoms with Crippen LogP contribution in [0.4, 0.5) is 0 Å². The third kappa shape index (κ3) is 5.60. The zero-order chi connectivity index (χ0) is 31.7. The summed E-state index contributed by atoms with van der Waals surface area (Å²) in [4.78, 5) is 45.8. The maximum Gasteiger partial charge on any atom is 0.257 e. The standard InChI is InChI=1S/C36H32N6O5/c43-35(25-12-16-45-21-25)41-14-2-6-31(41)33-37-19-29(39-33)23-8-10-27(11-9-23)47-28-5-1-4-24(18-28)30-20-38-34(40-30)32-7-3-15-42(32)36(44)26-13-17-46-22-26/h1,4-5,8-13,16-22,31-32H,2-3,6-7,14-15H2,(H,37,39)(H,38,40)/t31-,32-/m0/s1. The molecule has 0 spiro atoms. The van der Waals surface area contributed by atoms with Gasteiger partial charge in [-0.05, 0) is 79.8 Å². The Hall–Kier alpha value is -5.84. The molecule has 6 heterocycles. The van der Waals surface area contributed by atoms with Gasteiger partial charge in [0.05, 0.1) is 59.5 Å². The number of nitrogens with zero attached hydrogens (tertiary/aromatic N) is 4. The summed E-state index contributed by atoms with van der Waals surface area (Å²) in [6.45, 7) is 1.37. The lowest BCUT2D eigenvalue weighted by atomic mass is 10.1. The lowest BCUT2D eigenvalue weighted by Crippen LogP contribution is -2.30. The van der Waals surface area contributed by atoms with E-state index in [9.17, 15) is 9.59 Å². The van der Waals surface area contributed by atoms with Crippen molar-refractivity contribution in [1.29, 1.82) is 0 Å². The number of aromatic nitrogens is 4. The number of imidazole rings is 2. The van der Waals surface area contributed by atoms with Crippen molar-refractivity contribution < 1.29 is 23.2 Å². The third-order valence-corrected chi connectivity index (χ3v) is 8.93. The summed E-state index contributed by atoms with van der Waals surface area (Å²) in [5, 5.41) is 0. The van der Waals surface area contributed by atoms with Crippen LogP contribution in [0.15, 0.2) is 107 Å². The molecule has 11 nitrogen and oxygen atoms in total. The van der Waals surface area contributed by atoms with Gasteiger partial charge < -0.3 is 33.3 Å². The summed E-state index contributed by atoms with van der Waals surface area (Å²) >= 11 is 0. The fraction of sp³-hybridized carbons (Fsp3) is 0.222. The van der Waals surface area contributed by atoms with Crippen molar-refractivity contribution in [2.24, 2.45) is 0 Å². The molecule has 0 bridgehead atoms. The van der Waals surface area contributed by atoms with E-state index in [0.29, 0.717) is 35.7 Å². The molecule has 2 saturated heterocycles. The number of carbonyl (C=O) groups is 2. The summed E-state index contributed by atoms with van der Waals surface area (Å²) in [6.07, 6.45) is 13.2. The topological polar surface area (TPSA) is 133 Å². The van der Waals surface area contributed by atoms with E-state index in [-0.39, 0.29) is 23.9 Å². The smallest absolute Gasteiger partial charge is 0.257 e. The second-order valence-corrected chi connectivity index (χ2v) is 11.9. The van der Waals surface area contributed by atoms with E-state index >= 15 is 0 Å². The SMILES string of the molecule is O=C(c1ccoc1)N1CCC[C@H]1c1ncc(-c2ccc(Oc3cccc(-c4cnc([C@@H]5CCCN5C(=O)c5ccoc5)[nH]4)c3)cc2)[nH]1. The number of benzene rings is 2. The minimum atomic E-state index is -0.114. The number of furan rings is 2. The maximum absolute atomic E-state index is 13.0. The highest BCUT2D eigenvalue weighted by Gasteiger charge is 2.34. The van der Waals surface area contributed by atoms with Gasteiger partial charge >= 0.3 is 0 Å². The minimum Gasteiger partial charge on any atom is -0.472 e. The van der Waals surface area contributed by atoms with Crippen molar-refractivity contribution in [3.05, 3.63) is 121 Å². The van der Waals surface area contributed by atoms with Gasteiger partial charge in [0.2, 0.25) is 0 Å². The normalized spacial score (nSPS) is 17.8. The van der Waals surface area contributed by atoms with E-state index in [0.717, 1.165) is 59.8 Å².